The topological polar surface area (TPSA) is 25.2 Å². The standard InChI is InChI=1S/C21H26ClN2O/c1-3-13-10-24(12-22)19-9-16-14-6-4-5-7-18(14)23(2)21(16)20(24)8-15(13)17(19)11-25/h3-7,15,17,19-20,25H,8-12H2,1-2H3/q+1. The highest BCUT2D eigenvalue weighted by Gasteiger charge is 2.63. The molecule has 0 aliphatic carbocycles. The lowest BCUT2D eigenvalue weighted by atomic mass is 9.62. The summed E-state index contributed by atoms with van der Waals surface area (Å²) in [4.78, 5) is 0. The maximum absolute atomic E-state index is 10.2. The smallest absolute Gasteiger partial charge is 0.155 e. The van der Waals surface area contributed by atoms with Gasteiger partial charge in [0.2, 0.25) is 0 Å². The first-order valence-corrected chi connectivity index (χ1v) is 9.94. The lowest BCUT2D eigenvalue weighted by molar-refractivity contribution is -0.986. The summed E-state index contributed by atoms with van der Waals surface area (Å²) < 4.78 is 3.35. The highest BCUT2D eigenvalue weighted by Crippen LogP contribution is 2.59. The predicted molar refractivity (Wildman–Crippen MR) is 101 cm³/mol. The van der Waals surface area contributed by atoms with Gasteiger partial charge in [-0.1, -0.05) is 35.9 Å². The van der Waals surface area contributed by atoms with Gasteiger partial charge in [-0.05, 0) is 24.1 Å². The van der Waals surface area contributed by atoms with Gasteiger partial charge in [-0.2, -0.15) is 0 Å². The first-order chi connectivity index (χ1) is 12.2. The zero-order valence-corrected chi connectivity index (χ0v) is 15.7. The predicted octanol–water partition coefficient (Wildman–Crippen LogP) is 3.75. The summed E-state index contributed by atoms with van der Waals surface area (Å²) in [5.41, 5.74) is 5.84. The maximum atomic E-state index is 10.2. The number of allylic oxidation sites excluding steroid dienone is 1. The third-order valence-electron chi connectivity index (χ3n) is 7.52. The molecule has 132 valence electrons. The summed E-state index contributed by atoms with van der Waals surface area (Å²) in [6.07, 6.45) is 4.44. The van der Waals surface area contributed by atoms with Crippen molar-refractivity contribution in [1.82, 2.24) is 4.57 Å². The van der Waals surface area contributed by atoms with E-state index in [1.54, 1.807) is 0 Å². The van der Waals surface area contributed by atoms with Gasteiger partial charge in [0.05, 0.1) is 12.3 Å². The quantitative estimate of drug-likeness (QED) is 0.376. The van der Waals surface area contributed by atoms with Gasteiger partial charge < -0.3 is 9.67 Å². The molecule has 4 bridgehead atoms. The molecule has 0 spiro atoms. The van der Waals surface area contributed by atoms with Crippen LogP contribution in [0.15, 0.2) is 35.9 Å². The zero-order chi connectivity index (χ0) is 17.3. The lowest BCUT2D eigenvalue weighted by Gasteiger charge is -2.63. The number of hydrogen-bond acceptors (Lipinski definition) is 1. The van der Waals surface area contributed by atoms with Gasteiger partial charge in [0.15, 0.2) is 6.00 Å². The molecule has 0 amide bonds. The van der Waals surface area contributed by atoms with E-state index in [1.165, 1.54) is 27.7 Å². The number of aromatic nitrogens is 1. The van der Waals surface area contributed by atoms with E-state index in [0.29, 0.717) is 29.9 Å². The summed E-state index contributed by atoms with van der Waals surface area (Å²) in [5, 5.41) is 11.6. The fraction of sp³-hybridized carbons (Fsp3) is 0.524. The van der Waals surface area contributed by atoms with Crippen LogP contribution in [0.25, 0.3) is 10.9 Å². The van der Waals surface area contributed by atoms with Gasteiger partial charge in [-0.15, -0.1) is 0 Å². The number of alkyl halides is 1. The molecule has 1 aromatic carbocycles. The molecule has 0 saturated carbocycles. The van der Waals surface area contributed by atoms with Gasteiger partial charge in [-0.25, -0.2) is 0 Å². The molecule has 0 radical (unpaired) electrons. The van der Waals surface area contributed by atoms with Crippen LogP contribution in [0.1, 0.15) is 30.6 Å². The maximum Gasteiger partial charge on any atom is 0.155 e. The van der Waals surface area contributed by atoms with E-state index in [9.17, 15) is 5.11 Å². The fourth-order valence-corrected chi connectivity index (χ4v) is 6.84. The number of piperidine rings is 3. The van der Waals surface area contributed by atoms with E-state index >= 15 is 0 Å². The molecule has 5 heterocycles. The highest BCUT2D eigenvalue weighted by atomic mass is 35.5. The van der Waals surface area contributed by atoms with Crippen LogP contribution in [0.2, 0.25) is 0 Å². The number of nitrogens with zero attached hydrogens (tertiary/aromatic N) is 2. The SMILES string of the molecule is CC=C1C[N+]2(CCl)C3CC1C(CO)C2Cc1c3n(C)c2ccccc12. The second-order valence-electron chi connectivity index (χ2n) is 8.16. The molecule has 4 heteroatoms. The summed E-state index contributed by atoms with van der Waals surface area (Å²) in [6, 6.07) is 10.3. The molecule has 6 rings (SSSR count). The van der Waals surface area contributed by atoms with E-state index in [0.717, 1.165) is 23.9 Å². The van der Waals surface area contributed by atoms with Crippen LogP contribution in [0.4, 0.5) is 0 Å². The normalized spacial score (nSPS) is 37.7. The molecule has 5 atom stereocenters. The van der Waals surface area contributed by atoms with Crippen molar-refractivity contribution in [1.29, 1.82) is 0 Å². The van der Waals surface area contributed by atoms with E-state index < -0.39 is 0 Å². The van der Waals surface area contributed by atoms with Crippen molar-refractivity contribution in [3.05, 3.63) is 47.2 Å². The Morgan fingerprint density at radius 2 is 2.16 bits per heavy atom. The minimum atomic E-state index is 0.274. The van der Waals surface area contributed by atoms with Crippen molar-refractivity contribution in [2.45, 2.75) is 31.8 Å². The number of quaternary nitrogens is 1. The Kier molecular flexibility index (Phi) is 3.41. The van der Waals surface area contributed by atoms with Gasteiger partial charge in [0, 0.05) is 42.6 Å². The van der Waals surface area contributed by atoms with Crippen LogP contribution in [-0.2, 0) is 13.5 Å². The Bertz CT molecular complexity index is 885. The fourth-order valence-electron chi connectivity index (χ4n) is 6.41. The number of rotatable bonds is 2. The number of hydrogen-bond donors (Lipinski definition) is 1. The number of aliphatic hydroxyl groups is 1. The van der Waals surface area contributed by atoms with Gasteiger partial charge in [0.25, 0.3) is 0 Å². The second-order valence-corrected chi connectivity index (χ2v) is 8.40. The number of aliphatic hydroxyl groups excluding tert-OH is 1. The number of aryl methyl sites for hydroxylation is 1. The number of fused-ring (bicyclic) bond motifs is 4. The van der Waals surface area contributed by atoms with Crippen molar-refractivity contribution < 1.29 is 9.59 Å². The van der Waals surface area contributed by atoms with E-state index in [-0.39, 0.29) is 6.61 Å². The van der Waals surface area contributed by atoms with Crippen LogP contribution in [0.3, 0.4) is 0 Å². The first kappa shape index (κ1) is 15.9. The molecule has 3 fully saturated rings. The van der Waals surface area contributed by atoms with E-state index in [1.807, 2.05) is 0 Å². The molecular weight excluding hydrogens is 332 g/mol. The van der Waals surface area contributed by atoms with Crippen LogP contribution in [0, 0.1) is 11.8 Å². The molecule has 1 N–H and O–H groups in total. The molecule has 25 heavy (non-hydrogen) atoms. The molecule has 4 aliphatic rings. The van der Waals surface area contributed by atoms with Crippen LogP contribution in [-0.4, -0.2) is 39.4 Å². The average Bonchev–Trinajstić information content (AvgIpc) is 2.94. The molecule has 1 aromatic heterocycles. The second kappa shape index (κ2) is 5.35. The summed E-state index contributed by atoms with van der Waals surface area (Å²) in [5.74, 6) is 0.849. The van der Waals surface area contributed by atoms with E-state index in [4.69, 9.17) is 11.6 Å². The van der Waals surface area contributed by atoms with Crippen molar-refractivity contribution in [3.63, 3.8) is 0 Å². The summed E-state index contributed by atoms with van der Waals surface area (Å²) in [6.45, 7) is 3.47. The Morgan fingerprint density at radius 3 is 2.88 bits per heavy atom. The Hall–Kier alpha value is -1.29. The first-order valence-electron chi connectivity index (χ1n) is 9.40. The third-order valence-corrected chi connectivity index (χ3v) is 7.96. The molecule has 5 unspecified atom stereocenters. The Labute approximate surface area is 154 Å². The molecular formula is C21H26ClN2O+. The van der Waals surface area contributed by atoms with Gasteiger partial charge in [-0.3, -0.25) is 4.48 Å². The van der Waals surface area contributed by atoms with Gasteiger partial charge in [0.1, 0.15) is 18.6 Å². The van der Waals surface area contributed by atoms with Crippen molar-refractivity contribution in [2.75, 3.05) is 19.2 Å². The number of benzene rings is 1. The Morgan fingerprint density at radius 1 is 1.36 bits per heavy atom. The molecule has 3 saturated heterocycles. The average molecular weight is 358 g/mol. The van der Waals surface area contributed by atoms with Crippen molar-refractivity contribution >= 4 is 22.5 Å². The minimum absolute atomic E-state index is 0.274. The lowest BCUT2D eigenvalue weighted by Crippen LogP contribution is -2.72. The largest absolute Gasteiger partial charge is 0.396 e. The van der Waals surface area contributed by atoms with Crippen molar-refractivity contribution in [3.8, 4) is 0 Å². The van der Waals surface area contributed by atoms with Crippen molar-refractivity contribution in [2.24, 2.45) is 18.9 Å². The zero-order valence-electron chi connectivity index (χ0n) is 15.0. The molecule has 2 aromatic rings. The van der Waals surface area contributed by atoms with Crippen LogP contribution < -0.4 is 0 Å². The van der Waals surface area contributed by atoms with E-state index in [2.05, 4.69) is 48.9 Å². The number of para-hydroxylation sites is 1. The minimum Gasteiger partial charge on any atom is -0.396 e. The monoisotopic (exact) mass is 357 g/mol. The highest BCUT2D eigenvalue weighted by molar-refractivity contribution is 6.17. The summed E-state index contributed by atoms with van der Waals surface area (Å²) >= 11 is 6.68. The molecule has 4 aliphatic heterocycles. The van der Waals surface area contributed by atoms with Crippen LogP contribution in [0.5, 0.6) is 0 Å². The van der Waals surface area contributed by atoms with Crippen LogP contribution >= 0.6 is 11.6 Å². The van der Waals surface area contributed by atoms with Gasteiger partial charge >= 0.3 is 0 Å². The third kappa shape index (κ3) is 1.79. The summed E-state index contributed by atoms with van der Waals surface area (Å²) in [7, 11) is 2.22. The Balaban J connectivity index is 1.78. The molecule has 3 nitrogen and oxygen atoms in total. The number of halogens is 1.